The fraction of sp³-hybridized carbons (Fsp3) is 0. The molecule has 0 spiro atoms. The third kappa shape index (κ3) is 0.841. The Morgan fingerprint density at radius 2 is 2.27 bits per heavy atom. The summed E-state index contributed by atoms with van der Waals surface area (Å²) in [5.74, 6) is 1.02. The minimum absolute atomic E-state index is 0.418. The molecule has 6 nitrogen and oxygen atoms in total. The maximum Gasteiger partial charge on any atom is 0.175 e. The Morgan fingerprint density at radius 1 is 1.36 bits per heavy atom. The molecule has 0 bridgehead atoms. The molecule has 0 saturated heterocycles. The molecular formula is C5H6N6. The van der Waals surface area contributed by atoms with Crippen molar-refractivity contribution in [3.05, 3.63) is 12.7 Å². The molecule has 56 valence electrons. The van der Waals surface area contributed by atoms with Crippen molar-refractivity contribution in [3.8, 4) is 11.5 Å². The first-order valence-corrected chi connectivity index (χ1v) is 3.02. The molecule has 6 heteroatoms. The summed E-state index contributed by atoms with van der Waals surface area (Å²) >= 11 is 0. The molecule has 0 saturated carbocycles. The second-order valence-corrected chi connectivity index (χ2v) is 2.00. The third-order valence-corrected chi connectivity index (χ3v) is 1.32. The van der Waals surface area contributed by atoms with Crippen molar-refractivity contribution >= 4 is 5.82 Å². The maximum atomic E-state index is 5.50. The fourth-order valence-electron chi connectivity index (χ4n) is 0.820. The molecule has 0 atom stereocenters. The molecule has 11 heavy (non-hydrogen) atoms. The van der Waals surface area contributed by atoms with Gasteiger partial charge >= 0.3 is 0 Å². The molecule has 0 aromatic carbocycles. The highest BCUT2D eigenvalue weighted by Crippen LogP contribution is 2.15. The highest BCUT2D eigenvalue weighted by atomic mass is 15.2. The molecule has 0 aliphatic rings. The SMILES string of the molecule is Nc1nc[nH]c1-c1ncn[nH]1. The Hall–Kier alpha value is -1.85. The largest absolute Gasteiger partial charge is 0.382 e. The predicted molar refractivity (Wildman–Crippen MR) is 38.4 cm³/mol. The van der Waals surface area contributed by atoms with Crippen molar-refractivity contribution in [1.82, 2.24) is 25.1 Å². The van der Waals surface area contributed by atoms with E-state index in [0.29, 0.717) is 17.3 Å². The normalized spacial score (nSPS) is 10.2. The van der Waals surface area contributed by atoms with Gasteiger partial charge in [0, 0.05) is 0 Å². The van der Waals surface area contributed by atoms with E-state index in [9.17, 15) is 0 Å². The summed E-state index contributed by atoms with van der Waals surface area (Å²) in [5, 5.41) is 6.35. The van der Waals surface area contributed by atoms with Crippen LogP contribution in [0.1, 0.15) is 0 Å². The standard InChI is InChI=1S/C5H6N6/c6-4-3(7-1-8-4)5-9-2-10-11-5/h1-2H,6H2,(H,7,8)(H,9,10,11). The van der Waals surface area contributed by atoms with E-state index in [4.69, 9.17) is 5.73 Å². The van der Waals surface area contributed by atoms with Gasteiger partial charge in [-0.3, -0.25) is 5.10 Å². The Kier molecular flexibility index (Phi) is 1.12. The maximum absolute atomic E-state index is 5.50. The van der Waals surface area contributed by atoms with Crippen molar-refractivity contribution in [1.29, 1.82) is 0 Å². The molecule has 2 heterocycles. The zero-order valence-corrected chi connectivity index (χ0v) is 5.57. The van der Waals surface area contributed by atoms with Crippen LogP contribution >= 0.6 is 0 Å². The van der Waals surface area contributed by atoms with Gasteiger partial charge < -0.3 is 10.7 Å². The van der Waals surface area contributed by atoms with Crippen LogP contribution in [0.2, 0.25) is 0 Å². The quantitative estimate of drug-likeness (QED) is 0.523. The summed E-state index contributed by atoms with van der Waals surface area (Å²) in [4.78, 5) is 10.5. The number of nitrogens with zero attached hydrogens (tertiary/aromatic N) is 3. The zero-order valence-electron chi connectivity index (χ0n) is 5.57. The summed E-state index contributed by atoms with van der Waals surface area (Å²) in [6.45, 7) is 0. The number of aromatic amines is 2. The molecule has 4 N–H and O–H groups in total. The van der Waals surface area contributed by atoms with Crippen molar-refractivity contribution in [2.75, 3.05) is 5.73 Å². The van der Waals surface area contributed by atoms with E-state index in [2.05, 4.69) is 25.1 Å². The molecule has 2 aromatic heterocycles. The number of hydrogen-bond acceptors (Lipinski definition) is 4. The zero-order chi connectivity index (χ0) is 7.68. The molecule has 0 amide bonds. The van der Waals surface area contributed by atoms with Crippen LogP contribution < -0.4 is 5.73 Å². The highest BCUT2D eigenvalue weighted by Gasteiger charge is 2.05. The third-order valence-electron chi connectivity index (χ3n) is 1.32. The lowest BCUT2D eigenvalue weighted by Gasteiger charge is -1.89. The average molecular weight is 150 g/mol. The lowest BCUT2D eigenvalue weighted by Crippen LogP contribution is -1.89. The van der Waals surface area contributed by atoms with E-state index in [-0.39, 0.29) is 0 Å². The summed E-state index contributed by atoms with van der Waals surface area (Å²) in [5.41, 5.74) is 6.17. The fourth-order valence-corrected chi connectivity index (χ4v) is 0.820. The van der Waals surface area contributed by atoms with Crippen LogP contribution in [0.4, 0.5) is 5.82 Å². The Morgan fingerprint density at radius 3 is 2.82 bits per heavy atom. The van der Waals surface area contributed by atoms with Crippen LogP contribution in [-0.2, 0) is 0 Å². The van der Waals surface area contributed by atoms with Gasteiger partial charge in [-0.15, -0.1) is 0 Å². The van der Waals surface area contributed by atoms with Crippen molar-refractivity contribution in [3.63, 3.8) is 0 Å². The number of hydrogen-bond donors (Lipinski definition) is 3. The Balaban J connectivity index is 2.53. The van der Waals surface area contributed by atoms with Crippen LogP contribution in [0.3, 0.4) is 0 Å². The first-order chi connectivity index (χ1) is 5.38. The van der Waals surface area contributed by atoms with Crippen LogP contribution in [0.5, 0.6) is 0 Å². The molecule has 0 unspecified atom stereocenters. The van der Waals surface area contributed by atoms with Crippen molar-refractivity contribution < 1.29 is 0 Å². The second kappa shape index (κ2) is 2.08. The monoisotopic (exact) mass is 150 g/mol. The number of rotatable bonds is 1. The van der Waals surface area contributed by atoms with Gasteiger partial charge in [-0.2, -0.15) is 5.10 Å². The predicted octanol–water partition coefficient (Wildman–Crippen LogP) is -0.223. The lowest BCUT2D eigenvalue weighted by molar-refractivity contribution is 1.09. The topological polar surface area (TPSA) is 96.3 Å². The number of nitrogen functional groups attached to an aromatic ring is 1. The number of H-pyrrole nitrogens is 2. The van der Waals surface area contributed by atoms with Gasteiger partial charge in [-0.25, -0.2) is 9.97 Å². The van der Waals surface area contributed by atoms with E-state index in [1.807, 2.05) is 0 Å². The van der Waals surface area contributed by atoms with Gasteiger partial charge in [0.2, 0.25) is 0 Å². The number of aromatic nitrogens is 5. The Bertz CT molecular complexity index is 333. The average Bonchev–Trinajstić information content (AvgIpc) is 2.55. The van der Waals surface area contributed by atoms with Crippen molar-refractivity contribution in [2.24, 2.45) is 0 Å². The molecule has 0 aliphatic carbocycles. The lowest BCUT2D eigenvalue weighted by atomic mass is 10.4. The first kappa shape index (κ1) is 5.90. The van der Waals surface area contributed by atoms with Gasteiger partial charge in [-0.05, 0) is 0 Å². The van der Waals surface area contributed by atoms with E-state index >= 15 is 0 Å². The van der Waals surface area contributed by atoms with E-state index in [0.717, 1.165) is 0 Å². The summed E-state index contributed by atoms with van der Waals surface area (Å²) < 4.78 is 0. The van der Waals surface area contributed by atoms with Gasteiger partial charge in [0.05, 0.1) is 6.33 Å². The van der Waals surface area contributed by atoms with Gasteiger partial charge in [0.15, 0.2) is 11.6 Å². The van der Waals surface area contributed by atoms with Crippen LogP contribution in [0.25, 0.3) is 11.5 Å². The minimum atomic E-state index is 0.418. The highest BCUT2D eigenvalue weighted by molar-refractivity contribution is 5.62. The molecule has 0 aliphatic heterocycles. The molecule has 0 radical (unpaired) electrons. The summed E-state index contributed by atoms with van der Waals surface area (Å²) in [6.07, 6.45) is 2.92. The van der Waals surface area contributed by atoms with Gasteiger partial charge in [-0.1, -0.05) is 0 Å². The number of nitrogens with one attached hydrogen (secondary N) is 2. The smallest absolute Gasteiger partial charge is 0.175 e. The molecule has 0 fully saturated rings. The molecule has 2 aromatic rings. The van der Waals surface area contributed by atoms with E-state index in [1.165, 1.54) is 12.7 Å². The van der Waals surface area contributed by atoms with E-state index in [1.54, 1.807) is 0 Å². The summed E-state index contributed by atoms with van der Waals surface area (Å²) in [6, 6.07) is 0. The van der Waals surface area contributed by atoms with Crippen LogP contribution in [-0.4, -0.2) is 25.1 Å². The first-order valence-electron chi connectivity index (χ1n) is 3.02. The van der Waals surface area contributed by atoms with Crippen molar-refractivity contribution in [2.45, 2.75) is 0 Å². The van der Waals surface area contributed by atoms with Crippen LogP contribution in [0, 0.1) is 0 Å². The van der Waals surface area contributed by atoms with Gasteiger partial charge in [0.1, 0.15) is 12.0 Å². The minimum Gasteiger partial charge on any atom is -0.382 e. The molecular weight excluding hydrogens is 144 g/mol. The van der Waals surface area contributed by atoms with Crippen LogP contribution in [0.15, 0.2) is 12.7 Å². The number of nitrogens with two attached hydrogens (primary N) is 1. The number of anilines is 1. The summed E-state index contributed by atoms with van der Waals surface area (Å²) in [7, 11) is 0. The Labute approximate surface area is 61.9 Å². The number of imidazole rings is 1. The molecule has 2 rings (SSSR count). The van der Waals surface area contributed by atoms with Gasteiger partial charge in [0.25, 0.3) is 0 Å². The van der Waals surface area contributed by atoms with E-state index < -0.39 is 0 Å². The second-order valence-electron chi connectivity index (χ2n) is 2.00.